The van der Waals surface area contributed by atoms with Crippen molar-refractivity contribution in [1.82, 2.24) is 9.55 Å². The van der Waals surface area contributed by atoms with Gasteiger partial charge < -0.3 is 23.9 Å². The minimum atomic E-state index is -1.13. The summed E-state index contributed by atoms with van der Waals surface area (Å²) in [5.41, 5.74) is 1.28. The highest BCUT2D eigenvalue weighted by molar-refractivity contribution is 6.69. The monoisotopic (exact) mass is 401 g/mol. The third-order valence-electron chi connectivity index (χ3n) is 4.54. The van der Waals surface area contributed by atoms with Crippen LogP contribution in [-0.2, 0) is 25.4 Å². The predicted molar refractivity (Wildman–Crippen MR) is 92.2 cm³/mol. The second kappa shape index (κ2) is 6.31. The molecule has 4 atom stereocenters. The van der Waals surface area contributed by atoms with Crippen LogP contribution in [0, 0.1) is 0 Å². The van der Waals surface area contributed by atoms with E-state index >= 15 is 0 Å². The van der Waals surface area contributed by atoms with Crippen molar-refractivity contribution in [1.29, 1.82) is 0 Å². The molecule has 8 nitrogen and oxygen atoms in total. The number of hydrogen-bond donors (Lipinski definition) is 1. The maximum absolute atomic E-state index is 11.6. The summed E-state index contributed by atoms with van der Waals surface area (Å²) in [5, 5.41) is 9.98. The number of fused-ring (bicyclic) bond motifs is 2. The Morgan fingerprint density at radius 3 is 2.81 bits per heavy atom. The van der Waals surface area contributed by atoms with Crippen LogP contribution in [0.2, 0.25) is 0 Å². The van der Waals surface area contributed by atoms with Gasteiger partial charge in [-0.1, -0.05) is 23.2 Å². The van der Waals surface area contributed by atoms with Crippen LogP contribution in [-0.4, -0.2) is 49.9 Å². The Bertz CT molecular complexity index is 819. The van der Waals surface area contributed by atoms with Gasteiger partial charge in [-0.15, -0.1) is 0 Å². The first-order valence-electron chi connectivity index (χ1n) is 8.16. The average Bonchev–Trinajstić information content (AvgIpc) is 3.16. The van der Waals surface area contributed by atoms with Gasteiger partial charge >= 0.3 is 5.97 Å². The van der Waals surface area contributed by atoms with Gasteiger partial charge in [-0.05, 0) is 32.8 Å². The van der Waals surface area contributed by atoms with Crippen LogP contribution < -0.4 is 0 Å². The van der Waals surface area contributed by atoms with Gasteiger partial charge in [0.05, 0.1) is 12.0 Å². The quantitative estimate of drug-likeness (QED) is 0.764. The zero-order valence-electron chi connectivity index (χ0n) is 14.1. The lowest BCUT2D eigenvalue weighted by Crippen LogP contribution is -2.35. The minimum absolute atomic E-state index is 0.174. The number of aliphatic imine (C=N–C) groups is 1. The Labute approximate surface area is 159 Å². The molecule has 140 valence electrons. The molecule has 0 aromatic carbocycles. The second-order valence-corrected chi connectivity index (χ2v) is 7.51. The molecular weight excluding hydrogens is 385 g/mol. The highest BCUT2D eigenvalue weighted by atomic mass is 35.5. The summed E-state index contributed by atoms with van der Waals surface area (Å²) in [6, 6.07) is 0. The summed E-state index contributed by atoms with van der Waals surface area (Å²) in [7, 11) is 0. The Balaban J connectivity index is 1.73. The number of hydrogen-bond acceptors (Lipinski definition) is 6. The fraction of sp³-hybridized carbons (Fsp3) is 0.562. The van der Waals surface area contributed by atoms with Crippen molar-refractivity contribution in [2.45, 2.75) is 57.0 Å². The molecule has 0 bridgehead atoms. The van der Waals surface area contributed by atoms with Crippen molar-refractivity contribution in [2.75, 3.05) is 0 Å². The molecule has 4 heterocycles. The first-order valence-corrected chi connectivity index (χ1v) is 8.92. The van der Waals surface area contributed by atoms with Gasteiger partial charge in [-0.25, -0.2) is 14.8 Å². The zero-order valence-corrected chi connectivity index (χ0v) is 15.6. The molecule has 2 saturated heterocycles. The molecular formula is C16H17Cl2N3O5. The highest BCUT2D eigenvalue weighted by Gasteiger charge is 2.58. The van der Waals surface area contributed by atoms with Crippen LogP contribution in [0.1, 0.15) is 37.9 Å². The molecule has 26 heavy (non-hydrogen) atoms. The molecule has 3 aliphatic heterocycles. The van der Waals surface area contributed by atoms with Crippen molar-refractivity contribution >= 4 is 34.3 Å². The standard InChI is InChI=1S/C16H17Cl2N3O5/c1-16(2)25-10-11(26-16)14(24-12(10)15(22)23)21-6-19-9-7(21)4-3-5-8(17)20-13(9)18/h5-6,10-12,14H,3-4H2,1-2H3,(H,22,23)/b8-5-,20-13+/t10-,11+,12-,14+/m0/s1. The number of rotatable bonds is 2. The van der Waals surface area contributed by atoms with E-state index in [9.17, 15) is 9.90 Å². The molecule has 1 N–H and O–H groups in total. The van der Waals surface area contributed by atoms with Crippen molar-refractivity contribution in [2.24, 2.45) is 4.99 Å². The van der Waals surface area contributed by atoms with Crippen molar-refractivity contribution in [3.8, 4) is 0 Å². The maximum Gasteiger partial charge on any atom is 0.335 e. The Morgan fingerprint density at radius 1 is 1.35 bits per heavy atom. The van der Waals surface area contributed by atoms with Crippen molar-refractivity contribution < 1.29 is 24.1 Å². The van der Waals surface area contributed by atoms with Gasteiger partial charge in [0.1, 0.15) is 23.1 Å². The lowest BCUT2D eigenvalue weighted by Gasteiger charge is -2.24. The highest BCUT2D eigenvalue weighted by Crippen LogP contribution is 2.44. The number of carboxylic acid groups (broad SMARTS) is 1. The summed E-state index contributed by atoms with van der Waals surface area (Å²) in [6.45, 7) is 3.49. The van der Waals surface area contributed by atoms with E-state index in [1.165, 1.54) is 0 Å². The van der Waals surface area contributed by atoms with E-state index in [1.807, 2.05) is 0 Å². The molecule has 1 aromatic rings. The third-order valence-corrected chi connectivity index (χ3v) is 5.04. The number of nitrogens with zero attached hydrogens (tertiary/aromatic N) is 3. The van der Waals surface area contributed by atoms with Gasteiger partial charge in [0.2, 0.25) is 0 Å². The van der Waals surface area contributed by atoms with E-state index in [0.717, 1.165) is 5.69 Å². The van der Waals surface area contributed by atoms with Crippen LogP contribution in [0.3, 0.4) is 0 Å². The number of ether oxygens (including phenoxy) is 3. The topological polar surface area (TPSA) is 95.2 Å². The molecule has 0 spiro atoms. The molecule has 3 aliphatic rings. The second-order valence-electron chi connectivity index (χ2n) is 6.77. The summed E-state index contributed by atoms with van der Waals surface area (Å²) >= 11 is 12.2. The molecule has 2 fully saturated rings. The average molecular weight is 402 g/mol. The van der Waals surface area contributed by atoms with Crippen molar-refractivity contribution in [3.63, 3.8) is 0 Å². The molecule has 0 aliphatic carbocycles. The Kier molecular flexibility index (Phi) is 4.36. The lowest BCUT2D eigenvalue weighted by molar-refractivity contribution is -0.202. The molecule has 10 heteroatoms. The van der Waals surface area contributed by atoms with Crippen LogP contribution in [0.25, 0.3) is 0 Å². The van der Waals surface area contributed by atoms with E-state index in [2.05, 4.69) is 9.98 Å². The number of allylic oxidation sites excluding steroid dienone is 1. The summed E-state index contributed by atoms with van der Waals surface area (Å²) in [6.07, 6.45) is 1.44. The maximum atomic E-state index is 11.6. The lowest BCUT2D eigenvalue weighted by atomic mass is 10.1. The van der Waals surface area contributed by atoms with Gasteiger partial charge in [0.25, 0.3) is 0 Å². The summed E-state index contributed by atoms with van der Waals surface area (Å²) < 4.78 is 19.2. The number of halogens is 2. The van der Waals surface area contributed by atoms with E-state index in [0.29, 0.717) is 23.7 Å². The molecule has 4 rings (SSSR count). The first kappa shape index (κ1) is 17.9. The smallest absolute Gasteiger partial charge is 0.335 e. The van der Waals surface area contributed by atoms with E-state index in [-0.39, 0.29) is 5.17 Å². The number of aromatic nitrogens is 2. The third kappa shape index (κ3) is 2.95. The van der Waals surface area contributed by atoms with E-state index in [4.69, 9.17) is 37.4 Å². The van der Waals surface area contributed by atoms with Gasteiger partial charge in [-0.2, -0.15) is 0 Å². The zero-order chi connectivity index (χ0) is 18.6. The molecule has 0 unspecified atom stereocenters. The van der Waals surface area contributed by atoms with Crippen LogP contribution in [0.5, 0.6) is 0 Å². The molecule has 0 amide bonds. The predicted octanol–water partition coefficient (Wildman–Crippen LogP) is 2.40. The molecule has 0 radical (unpaired) electrons. The summed E-state index contributed by atoms with van der Waals surface area (Å²) in [5.74, 6) is -1.99. The fourth-order valence-corrected chi connectivity index (χ4v) is 4.03. The molecule has 1 aromatic heterocycles. The van der Waals surface area contributed by atoms with E-state index < -0.39 is 36.3 Å². The van der Waals surface area contributed by atoms with Gasteiger partial charge in [-0.3, -0.25) is 0 Å². The largest absolute Gasteiger partial charge is 0.479 e. The summed E-state index contributed by atoms with van der Waals surface area (Å²) in [4.78, 5) is 20.0. The van der Waals surface area contributed by atoms with Gasteiger partial charge in [0.15, 0.2) is 23.3 Å². The Morgan fingerprint density at radius 2 is 2.08 bits per heavy atom. The minimum Gasteiger partial charge on any atom is -0.479 e. The molecule has 0 saturated carbocycles. The van der Waals surface area contributed by atoms with Gasteiger partial charge in [0, 0.05) is 0 Å². The van der Waals surface area contributed by atoms with Crippen LogP contribution in [0.15, 0.2) is 22.6 Å². The number of carboxylic acids is 1. The van der Waals surface area contributed by atoms with Crippen LogP contribution >= 0.6 is 23.2 Å². The van der Waals surface area contributed by atoms with E-state index in [1.54, 1.807) is 30.8 Å². The number of carbonyl (C=O) groups is 1. The Hall–Kier alpha value is -1.45. The first-order chi connectivity index (χ1) is 12.3. The SMILES string of the molecule is CC1(C)O[C@@H]2[C@H](O1)[C@@H](C(=O)O)O[C@H]2n1cnc2c1CC/C=C(Cl)\N=C/2Cl. The van der Waals surface area contributed by atoms with Crippen LogP contribution in [0.4, 0.5) is 0 Å². The fourth-order valence-electron chi connectivity index (χ4n) is 3.55. The number of aliphatic carboxylic acids is 1. The normalized spacial score (nSPS) is 36.9. The number of imidazole rings is 1. The van der Waals surface area contributed by atoms with Crippen molar-refractivity contribution in [3.05, 3.63) is 28.9 Å².